The third-order valence-electron chi connectivity index (χ3n) is 4.92. The third kappa shape index (κ3) is 2.49. The normalized spacial score (nSPS) is 21.0. The van der Waals surface area contributed by atoms with E-state index in [0.29, 0.717) is 5.02 Å². The maximum atomic E-state index is 6.32. The summed E-state index contributed by atoms with van der Waals surface area (Å²) in [6, 6.07) is 18.1. The summed E-state index contributed by atoms with van der Waals surface area (Å²) >= 11 is 6.24. The highest BCUT2D eigenvalue weighted by Crippen LogP contribution is 2.48. The Balaban J connectivity index is 1.61. The Labute approximate surface area is 156 Å². The molecule has 5 rings (SSSR count). The average Bonchev–Trinajstić information content (AvgIpc) is 3.32. The van der Waals surface area contributed by atoms with Gasteiger partial charge in [0.25, 0.3) is 0 Å². The van der Waals surface area contributed by atoms with Crippen molar-refractivity contribution in [1.29, 1.82) is 0 Å². The zero-order valence-corrected chi connectivity index (χ0v) is 15.0. The quantitative estimate of drug-likeness (QED) is 0.604. The molecule has 2 aliphatic heterocycles. The van der Waals surface area contributed by atoms with E-state index in [-0.39, 0.29) is 12.3 Å². The van der Waals surface area contributed by atoms with Crippen molar-refractivity contribution in [3.8, 4) is 5.75 Å². The largest absolute Gasteiger partial charge is 0.464 e. The van der Waals surface area contributed by atoms with Gasteiger partial charge < -0.3 is 9.15 Å². The van der Waals surface area contributed by atoms with Crippen molar-refractivity contribution in [2.24, 2.45) is 5.10 Å². The molecule has 3 heterocycles. The molecular formula is C21H17ClN2O2. The maximum Gasteiger partial charge on any atom is 0.213 e. The number of hydrazone groups is 1. The Morgan fingerprint density at radius 2 is 1.96 bits per heavy atom. The first-order valence-corrected chi connectivity index (χ1v) is 8.99. The van der Waals surface area contributed by atoms with Gasteiger partial charge >= 0.3 is 0 Å². The molecule has 2 aromatic carbocycles. The summed E-state index contributed by atoms with van der Waals surface area (Å²) in [6.07, 6.45) is 2.15. The van der Waals surface area contributed by atoms with Gasteiger partial charge in [-0.2, -0.15) is 5.10 Å². The van der Waals surface area contributed by atoms with Crippen LogP contribution in [0.4, 0.5) is 0 Å². The van der Waals surface area contributed by atoms with Crippen molar-refractivity contribution in [3.63, 3.8) is 0 Å². The minimum absolute atomic E-state index is 0.0730. The fraction of sp³-hybridized carbons (Fsp3) is 0.190. The Bertz CT molecular complexity index is 980. The number of fused-ring (bicyclic) bond motifs is 3. The zero-order chi connectivity index (χ0) is 17.7. The van der Waals surface area contributed by atoms with E-state index in [9.17, 15) is 0 Å². The lowest BCUT2D eigenvalue weighted by atomic mass is 9.97. The Morgan fingerprint density at radius 1 is 1.12 bits per heavy atom. The predicted octanol–water partition coefficient (Wildman–Crippen LogP) is 5.48. The molecule has 0 radical (unpaired) electrons. The van der Waals surface area contributed by atoms with Crippen LogP contribution in [0, 0.1) is 6.92 Å². The topological polar surface area (TPSA) is 38.0 Å². The molecule has 0 aliphatic carbocycles. The molecule has 0 N–H and O–H groups in total. The van der Waals surface area contributed by atoms with Crippen LogP contribution in [0.1, 0.15) is 41.1 Å². The number of rotatable bonds is 2. The number of hydrogen-bond acceptors (Lipinski definition) is 4. The third-order valence-corrected chi connectivity index (χ3v) is 5.16. The molecule has 2 atom stereocenters. The standard InChI is InChI=1S/C21H17ClN2O2/c1-13-4-6-14(7-5-13)21-24-18(12-17(23-24)20-3-2-10-25-20)16-11-15(22)8-9-19(16)26-21/h2-11,18,21H,12H2,1H3/t18-,21-/m0/s1. The monoisotopic (exact) mass is 364 g/mol. The lowest BCUT2D eigenvalue weighted by Gasteiger charge is -2.38. The zero-order valence-electron chi connectivity index (χ0n) is 14.2. The fourth-order valence-corrected chi connectivity index (χ4v) is 3.78. The molecule has 0 spiro atoms. The fourth-order valence-electron chi connectivity index (χ4n) is 3.60. The lowest BCUT2D eigenvalue weighted by Crippen LogP contribution is -2.33. The van der Waals surface area contributed by atoms with Gasteiger partial charge in [0.15, 0.2) is 0 Å². The Morgan fingerprint density at radius 3 is 2.73 bits per heavy atom. The number of halogens is 1. The molecule has 5 heteroatoms. The van der Waals surface area contributed by atoms with E-state index in [2.05, 4.69) is 31.2 Å². The first-order valence-electron chi connectivity index (χ1n) is 8.61. The number of nitrogens with zero attached hydrogens (tertiary/aromatic N) is 2. The van der Waals surface area contributed by atoms with Crippen LogP contribution >= 0.6 is 11.6 Å². The summed E-state index contributed by atoms with van der Waals surface area (Å²) in [7, 11) is 0. The molecule has 26 heavy (non-hydrogen) atoms. The van der Waals surface area contributed by atoms with Gasteiger partial charge in [-0.1, -0.05) is 41.4 Å². The van der Waals surface area contributed by atoms with E-state index in [1.165, 1.54) is 5.56 Å². The molecule has 2 aliphatic rings. The van der Waals surface area contributed by atoms with Crippen molar-refractivity contribution in [2.45, 2.75) is 25.6 Å². The van der Waals surface area contributed by atoms with Crippen molar-refractivity contribution in [2.75, 3.05) is 0 Å². The average molecular weight is 365 g/mol. The van der Waals surface area contributed by atoms with E-state index in [1.807, 2.05) is 35.3 Å². The summed E-state index contributed by atoms with van der Waals surface area (Å²) < 4.78 is 11.9. The van der Waals surface area contributed by atoms with Gasteiger partial charge in [-0.15, -0.1) is 0 Å². The van der Waals surface area contributed by atoms with Gasteiger partial charge in [0.05, 0.1) is 12.3 Å². The van der Waals surface area contributed by atoms with Crippen molar-refractivity contribution in [1.82, 2.24) is 5.01 Å². The number of aryl methyl sites for hydroxylation is 1. The van der Waals surface area contributed by atoms with Crippen LogP contribution in [-0.2, 0) is 0 Å². The number of ether oxygens (including phenoxy) is 1. The Hall–Kier alpha value is -2.72. The molecule has 0 bridgehead atoms. The molecule has 0 unspecified atom stereocenters. The van der Waals surface area contributed by atoms with E-state index in [0.717, 1.165) is 34.8 Å². The Kier molecular flexibility index (Phi) is 3.54. The number of hydrogen-bond donors (Lipinski definition) is 0. The minimum atomic E-state index is -0.276. The summed E-state index contributed by atoms with van der Waals surface area (Å²) in [5.41, 5.74) is 4.28. The molecule has 0 amide bonds. The van der Waals surface area contributed by atoms with Crippen LogP contribution < -0.4 is 4.74 Å². The summed E-state index contributed by atoms with van der Waals surface area (Å²) in [5.74, 6) is 1.66. The molecular weight excluding hydrogens is 348 g/mol. The van der Waals surface area contributed by atoms with Crippen LogP contribution in [0.2, 0.25) is 5.02 Å². The van der Waals surface area contributed by atoms with Crippen molar-refractivity contribution < 1.29 is 9.15 Å². The maximum absolute atomic E-state index is 6.32. The second kappa shape index (κ2) is 5.92. The molecule has 0 fully saturated rings. The van der Waals surface area contributed by atoms with Gasteiger partial charge in [0.1, 0.15) is 17.2 Å². The summed E-state index contributed by atoms with van der Waals surface area (Å²) in [5, 5.41) is 7.58. The van der Waals surface area contributed by atoms with Crippen molar-refractivity contribution in [3.05, 3.63) is 88.3 Å². The minimum Gasteiger partial charge on any atom is -0.464 e. The van der Waals surface area contributed by atoms with E-state index < -0.39 is 0 Å². The van der Waals surface area contributed by atoms with Crippen LogP contribution in [0.3, 0.4) is 0 Å². The number of furan rings is 1. The highest BCUT2D eigenvalue weighted by Gasteiger charge is 2.41. The predicted molar refractivity (Wildman–Crippen MR) is 100 cm³/mol. The van der Waals surface area contributed by atoms with Crippen LogP contribution in [0.25, 0.3) is 0 Å². The van der Waals surface area contributed by atoms with Gasteiger partial charge in [-0.05, 0) is 37.3 Å². The van der Waals surface area contributed by atoms with E-state index >= 15 is 0 Å². The van der Waals surface area contributed by atoms with E-state index in [4.69, 9.17) is 25.9 Å². The van der Waals surface area contributed by atoms with Gasteiger partial charge in [-0.25, -0.2) is 5.01 Å². The van der Waals surface area contributed by atoms with Crippen LogP contribution in [0.5, 0.6) is 5.75 Å². The van der Waals surface area contributed by atoms with Gasteiger partial charge in [-0.3, -0.25) is 0 Å². The summed E-state index contributed by atoms with van der Waals surface area (Å²) in [4.78, 5) is 0. The molecule has 3 aromatic rings. The molecule has 130 valence electrons. The highest BCUT2D eigenvalue weighted by molar-refractivity contribution is 6.30. The molecule has 4 nitrogen and oxygen atoms in total. The lowest BCUT2D eigenvalue weighted by molar-refractivity contribution is -0.0190. The highest BCUT2D eigenvalue weighted by atomic mass is 35.5. The van der Waals surface area contributed by atoms with Crippen LogP contribution in [-0.4, -0.2) is 10.7 Å². The molecule has 0 saturated heterocycles. The SMILES string of the molecule is Cc1ccc([C@@H]2Oc3ccc(Cl)cc3[C@@H]3CC(c4ccco4)=NN32)cc1. The molecule has 1 aromatic heterocycles. The second-order valence-corrected chi connectivity index (χ2v) is 7.12. The second-order valence-electron chi connectivity index (χ2n) is 6.69. The first kappa shape index (κ1) is 15.5. The summed E-state index contributed by atoms with van der Waals surface area (Å²) in [6.45, 7) is 2.08. The van der Waals surface area contributed by atoms with Crippen LogP contribution in [0.15, 0.2) is 70.4 Å². The number of benzene rings is 2. The smallest absolute Gasteiger partial charge is 0.213 e. The van der Waals surface area contributed by atoms with Crippen molar-refractivity contribution >= 4 is 17.3 Å². The van der Waals surface area contributed by atoms with Gasteiger partial charge in [0, 0.05) is 22.6 Å². The first-order chi connectivity index (χ1) is 12.7. The molecule has 0 saturated carbocycles. The van der Waals surface area contributed by atoms with Gasteiger partial charge in [0.2, 0.25) is 6.23 Å². The van der Waals surface area contributed by atoms with E-state index in [1.54, 1.807) is 6.26 Å².